The molecule has 2 aromatic rings. The van der Waals surface area contributed by atoms with Crippen molar-refractivity contribution in [2.75, 3.05) is 11.9 Å². The lowest BCUT2D eigenvalue weighted by molar-refractivity contribution is 0.568. The van der Waals surface area contributed by atoms with Gasteiger partial charge in [0.25, 0.3) is 0 Å². The van der Waals surface area contributed by atoms with Crippen LogP contribution in [-0.2, 0) is 0 Å². The molecule has 1 aromatic heterocycles. The molecule has 1 N–H and O–H groups in total. The third kappa shape index (κ3) is 2.21. The zero-order chi connectivity index (χ0) is 11.4. The molecule has 0 radical (unpaired) electrons. The quantitative estimate of drug-likeness (QED) is 0.855. The maximum absolute atomic E-state index is 5.17. The molecule has 0 atom stereocenters. The normalized spacial score (nSPS) is 10.4. The van der Waals surface area contributed by atoms with E-state index in [2.05, 4.69) is 35.4 Å². The van der Waals surface area contributed by atoms with Crippen molar-refractivity contribution in [2.45, 2.75) is 20.3 Å². The van der Waals surface area contributed by atoms with Gasteiger partial charge in [-0.05, 0) is 31.0 Å². The molecule has 0 fully saturated rings. The minimum atomic E-state index is 0.555. The number of nitrogens with zero attached hydrogens (tertiary/aromatic N) is 2. The van der Waals surface area contributed by atoms with Gasteiger partial charge in [0.15, 0.2) is 0 Å². The summed E-state index contributed by atoms with van der Waals surface area (Å²) in [6.45, 7) is 5.19. The second kappa shape index (κ2) is 4.79. The van der Waals surface area contributed by atoms with Gasteiger partial charge in [0.05, 0.1) is 0 Å². The number of hydrogen-bond acceptors (Lipinski definition) is 4. The van der Waals surface area contributed by atoms with E-state index in [9.17, 15) is 0 Å². The Bertz CT molecular complexity index is 451. The Hall–Kier alpha value is -1.84. The molecule has 0 bridgehead atoms. The van der Waals surface area contributed by atoms with Gasteiger partial charge in [-0.25, -0.2) is 0 Å². The Kier molecular flexibility index (Phi) is 3.19. The molecule has 0 unspecified atom stereocenters. The molecule has 0 amide bonds. The van der Waals surface area contributed by atoms with Gasteiger partial charge >= 0.3 is 0 Å². The molecule has 2 rings (SSSR count). The van der Waals surface area contributed by atoms with Crippen molar-refractivity contribution < 1.29 is 4.42 Å². The lowest BCUT2D eigenvalue weighted by atomic mass is 10.1. The van der Waals surface area contributed by atoms with Gasteiger partial charge in [-0.3, -0.25) is 0 Å². The second-order valence-electron chi connectivity index (χ2n) is 3.70. The van der Waals surface area contributed by atoms with Crippen LogP contribution in [0.1, 0.15) is 18.9 Å². The van der Waals surface area contributed by atoms with E-state index >= 15 is 0 Å². The van der Waals surface area contributed by atoms with Crippen LogP contribution >= 0.6 is 0 Å². The fourth-order valence-electron chi connectivity index (χ4n) is 1.50. The van der Waals surface area contributed by atoms with E-state index in [4.69, 9.17) is 4.42 Å². The smallest absolute Gasteiger partial charge is 0.247 e. The fraction of sp³-hybridized carbons (Fsp3) is 0.333. The molecule has 0 saturated heterocycles. The predicted octanol–water partition coefficient (Wildman–Crippen LogP) is 2.87. The lowest BCUT2D eigenvalue weighted by Gasteiger charge is -2.09. The van der Waals surface area contributed by atoms with E-state index in [1.807, 2.05) is 12.1 Å². The van der Waals surface area contributed by atoms with Crippen molar-refractivity contribution in [1.82, 2.24) is 10.2 Å². The molecule has 0 aliphatic heterocycles. The molecular formula is C12H15N3O. The monoisotopic (exact) mass is 217 g/mol. The van der Waals surface area contributed by atoms with Gasteiger partial charge in [-0.15, -0.1) is 10.2 Å². The highest BCUT2D eigenvalue weighted by molar-refractivity contribution is 5.64. The van der Waals surface area contributed by atoms with E-state index < -0.39 is 0 Å². The summed E-state index contributed by atoms with van der Waals surface area (Å²) in [5.41, 5.74) is 3.29. The van der Waals surface area contributed by atoms with Gasteiger partial charge in [0.1, 0.15) is 0 Å². The summed E-state index contributed by atoms with van der Waals surface area (Å²) < 4.78 is 5.17. The highest BCUT2D eigenvalue weighted by Crippen LogP contribution is 2.23. The molecule has 0 aliphatic rings. The van der Waals surface area contributed by atoms with Crippen LogP contribution in [0.4, 0.5) is 5.69 Å². The van der Waals surface area contributed by atoms with Crippen LogP contribution in [0.2, 0.25) is 0 Å². The SMILES string of the molecule is CCCNc1cc(-c2nnco2)ccc1C. The number of benzene rings is 1. The predicted molar refractivity (Wildman–Crippen MR) is 63.3 cm³/mol. The van der Waals surface area contributed by atoms with Gasteiger partial charge in [0.2, 0.25) is 12.3 Å². The van der Waals surface area contributed by atoms with Crippen molar-refractivity contribution in [2.24, 2.45) is 0 Å². The van der Waals surface area contributed by atoms with E-state index in [1.165, 1.54) is 12.0 Å². The summed E-state index contributed by atoms with van der Waals surface area (Å²) >= 11 is 0. The van der Waals surface area contributed by atoms with Crippen molar-refractivity contribution in [3.8, 4) is 11.5 Å². The standard InChI is InChI=1S/C12H15N3O/c1-3-6-13-11-7-10(5-4-9(11)2)12-15-14-8-16-12/h4-5,7-8,13H,3,6H2,1-2H3. The number of anilines is 1. The molecule has 0 aliphatic carbocycles. The average molecular weight is 217 g/mol. The number of hydrogen-bond donors (Lipinski definition) is 1. The Labute approximate surface area is 94.7 Å². The van der Waals surface area contributed by atoms with Crippen LogP contribution in [0, 0.1) is 6.92 Å². The Morgan fingerprint density at radius 3 is 2.94 bits per heavy atom. The zero-order valence-electron chi connectivity index (χ0n) is 9.53. The van der Waals surface area contributed by atoms with E-state index in [0.717, 1.165) is 24.2 Å². The van der Waals surface area contributed by atoms with Gasteiger partial charge in [0, 0.05) is 17.8 Å². The lowest BCUT2D eigenvalue weighted by Crippen LogP contribution is -2.01. The minimum absolute atomic E-state index is 0.555. The van der Waals surface area contributed by atoms with E-state index in [-0.39, 0.29) is 0 Å². The molecule has 16 heavy (non-hydrogen) atoms. The number of aryl methyl sites for hydroxylation is 1. The molecule has 0 saturated carbocycles. The Morgan fingerprint density at radius 2 is 2.25 bits per heavy atom. The highest BCUT2D eigenvalue weighted by atomic mass is 16.4. The van der Waals surface area contributed by atoms with Crippen molar-refractivity contribution in [1.29, 1.82) is 0 Å². The third-order valence-corrected chi connectivity index (χ3v) is 2.41. The number of aromatic nitrogens is 2. The van der Waals surface area contributed by atoms with Crippen LogP contribution in [0.5, 0.6) is 0 Å². The summed E-state index contributed by atoms with van der Waals surface area (Å²) in [5.74, 6) is 0.555. The van der Waals surface area contributed by atoms with Crippen LogP contribution < -0.4 is 5.32 Å². The molecule has 84 valence electrons. The Balaban J connectivity index is 2.28. The van der Waals surface area contributed by atoms with Crippen LogP contribution in [0.15, 0.2) is 29.0 Å². The minimum Gasteiger partial charge on any atom is -0.423 e. The molecule has 0 spiro atoms. The Morgan fingerprint density at radius 1 is 1.38 bits per heavy atom. The summed E-state index contributed by atoms with van der Waals surface area (Å²) in [6.07, 6.45) is 2.44. The fourth-order valence-corrected chi connectivity index (χ4v) is 1.50. The van der Waals surface area contributed by atoms with Crippen molar-refractivity contribution in [3.05, 3.63) is 30.2 Å². The van der Waals surface area contributed by atoms with Crippen molar-refractivity contribution >= 4 is 5.69 Å². The number of nitrogens with one attached hydrogen (secondary N) is 1. The van der Waals surface area contributed by atoms with Gasteiger partial charge in [-0.2, -0.15) is 0 Å². The average Bonchev–Trinajstić information content (AvgIpc) is 2.81. The topological polar surface area (TPSA) is 51.0 Å². The molecular weight excluding hydrogens is 202 g/mol. The first-order valence-corrected chi connectivity index (χ1v) is 5.42. The first kappa shape index (κ1) is 10.7. The second-order valence-corrected chi connectivity index (χ2v) is 3.70. The van der Waals surface area contributed by atoms with E-state index in [1.54, 1.807) is 0 Å². The van der Waals surface area contributed by atoms with Crippen molar-refractivity contribution in [3.63, 3.8) is 0 Å². The summed E-state index contributed by atoms with van der Waals surface area (Å²) in [4.78, 5) is 0. The van der Waals surface area contributed by atoms with Crippen LogP contribution in [0.25, 0.3) is 11.5 Å². The van der Waals surface area contributed by atoms with E-state index in [0.29, 0.717) is 5.89 Å². The highest BCUT2D eigenvalue weighted by Gasteiger charge is 2.05. The zero-order valence-corrected chi connectivity index (χ0v) is 9.53. The molecule has 1 aromatic carbocycles. The van der Waals surface area contributed by atoms with Gasteiger partial charge < -0.3 is 9.73 Å². The summed E-state index contributed by atoms with van der Waals surface area (Å²) in [5, 5.41) is 10.9. The molecule has 4 nitrogen and oxygen atoms in total. The van der Waals surface area contributed by atoms with Gasteiger partial charge in [-0.1, -0.05) is 13.0 Å². The van der Waals surface area contributed by atoms with Crippen LogP contribution in [0.3, 0.4) is 0 Å². The first-order chi connectivity index (χ1) is 7.81. The largest absolute Gasteiger partial charge is 0.423 e. The maximum atomic E-state index is 5.17. The molecule has 1 heterocycles. The summed E-state index contributed by atoms with van der Waals surface area (Å²) in [7, 11) is 0. The summed E-state index contributed by atoms with van der Waals surface area (Å²) in [6, 6.07) is 6.08. The maximum Gasteiger partial charge on any atom is 0.247 e. The van der Waals surface area contributed by atoms with Crippen LogP contribution in [-0.4, -0.2) is 16.7 Å². The third-order valence-electron chi connectivity index (χ3n) is 2.41. The number of rotatable bonds is 4. The first-order valence-electron chi connectivity index (χ1n) is 5.42. The molecule has 4 heteroatoms.